The highest BCUT2D eigenvalue weighted by atomic mass is 16.2. The molecule has 1 amide bonds. The van der Waals surface area contributed by atoms with E-state index in [1.54, 1.807) is 0 Å². The fourth-order valence-corrected chi connectivity index (χ4v) is 3.50. The molecule has 1 fully saturated rings. The van der Waals surface area contributed by atoms with Crippen LogP contribution in [0.2, 0.25) is 0 Å². The number of hydrogen-bond acceptors (Lipinski definition) is 3. The van der Waals surface area contributed by atoms with Crippen molar-refractivity contribution in [2.75, 3.05) is 26.7 Å². The number of nitrogens with zero attached hydrogens (tertiary/aromatic N) is 4. The number of carbonyl (C=O) groups excluding carboxylic acids is 1. The Balaban J connectivity index is 1.84. The highest BCUT2D eigenvalue weighted by Crippen LogP contribution is 2.26. The van der Waals surface area contributed by atoms with Crippen LogP contribution in [0.3, 0.4) is 0 Å². The Morgan fingerprint density at radius 1 is 1.17 bits per heavy atom. The molecule has 1 aromatic heterocycles. The Labute approximate surface area is 143 Å². The van der Waals surface area contributed by atoms with Gasteiger partial charge in [-0.2, -0.15) is 5.10 Å². The third-order valence-electron chi connectivity index (χ3n) is 5.08. The lowest BCUT2D eigenvalue weighted by Crippen LogP contribution is -2.49. The van der Waals surface area contributed by atoms with Gasteiger partial charge in [-0.25, -0.2) is 0 Å². The van der Waals surface area contributed by atoms with E-state index in [1.165, 1.54) is 5.56 Å². The minimum atomic E-state index is 0.120. The Kier molecular flexibility index (Phi) is 4.71. The molecule has 3 rings (SSSR count). The van der Waals surface area contributed by atoms with Crippen LogP contribution < -0.4 is 0 Å². The summed E-state index contributed by atoms with van der Waals surface area (Å²) in [7, 11) is 4.05. The summed E-state index contributed by atoms with van der Waals surface area (Å²) in [5.74, 6) is 0.191. The van der Waals surface area contributed by atoms with Crippen molar-refractivity contribution in [2.45, 2.75) is 26.3 Å². The summed E-state index contributed by atoms with van der Waals surface area (Å²) in [5, 5.41) is 4.44. The second-order valence-electron chi connectivity index (χ2n) is 6.73. The molecule has 0 aliphatic carbocycles. The van der Waals surface area contributed by atoms with Crippen molar-refractivity contribution in [3.63, 3.8) is 0 Å². The molecular formula is C19H26N4O. The molecule has 2 aromatic rings. The van der Waals surface area contributed by atoms with Crippen LogP contribution in [-0.4, -0.2) is 52.2 Å². The average Bonchev–Trinajstić information content (AvgIpc) is 2.81. The molecule has 0 N–H and O–H groups in total. The summed E-state index contributed by atoms with van der Waals surface area (Å²) in [6, 6.07) is 10.5. The predicted molar refractivity (Wildman–Crippen MR) is 94.8 cm³/mol. The lowest BCUT2D eigenvalue weighted by atomic mass is 10.0. The molecule has 0 bridgehead atoms. The number of amides is 1. The van der Waals surface area contributed by atoms with Crippen molar-refractivity contribution in [3.05, 3.63) is 52.8 Å². The second kappa shape index (κ2) is 6.77. The summed E-state index contributed by atoms with van der Waals surface area (Å²) in [6.45, 7) is 6.57. The highest BCUT2D eigenvalue weighted by molar-refractivity contribution is 5.80. The summed E-state index contributed by atoms with van der Waals surface area (Å²) < 4.78 is 1.86. The zero-order valence-electron chi connectivity index (χ0n) is 15.0. The summed E-state index contributed by atoms with van der Waals surface area (Å²) >= 11 is 0. The lowest BCUT2D eigenvalue weighted by molar-refractivity contribution is -0.135. The first-order valence-corrected chi connectivity index (χ1v) is 8.49. The van der Waals surface area contributed by atoms with Gasteiger partial charge in [-0.15, -0.1) is 0 Å². The number of rotatable bonds is 3. The average molecular weight is 326 g/mol. The van der Waals surface area contributed by atoms with Gasteiger partial charge in [0.1, 0.15) is 0 Å². The van der Waals surface area contributed by atoms with E-state index < -0.39 is 0 Å². The number of hydrogen-bond donors (Lipinski definition) is 0. The molecule has 0 saturated carbocycles. The zero-order chi connectivity index (χ0) is 17.3. The van der Waals surface area contributed by atoms with Gasteiger partial charge in [0.25, 0.3) is 0 Å². The fraction of sp³-hybridized carbons (Fsp3) is 0.474. The first-order valence-electron chi connectivity index (χ1n) is 8.49. The van der Waals surface area contributed by atoms with Crippen LogP contribution >= 0.6 is 0 Å². The maximum absolute atomic E-state index is 13.0. The number of aryl methyl sites for hydroxylation is 2. The highest BCUT2D eigenvalue weighted by Gasteiger charge is 2.30. The van der Waals surface area contributed by atoms with Crippen LogP contribution in [0.4, 0.5) is 0 Å². The standard InChI is InChI=1S/C19H26N4O/c1-14-17(15(2)22(4)20-14)12-19(24)23-11-10-21(3)13-18(23)16-8-6-5-7-9-16/h5-9,18H,10-13H2,1-4H3/t18-/m0/s1. The van der Waals surface area contributed by atoms with Crippen LogP contribution in [0, 0.1) is 13.8 Å². The topological polar surface area (TPSA) is 41.4 Å². The minimum absolute atomic E-state index is 0.120. The van der Waals surface area contributed by atoms with Crippen LogP contribution in [0.5, 0.6) is 0 Å². The van der Waals surface area contributed by atoms with Gasteiger partial charge in [0.05, 0.1) is 18.2 Å². The second-order valence-corrected chi connectivity index (χ2v) is 6.73. The third kappa shape index (κ3) is 3.22. The SMILES string of the molecule is Cc1nn(C)c(C)c1CC(=O)N1CCN(C)C[C@H]1c1ccccc1. The molecule has 5 heteroatoms. The lowest BCUT2D eigenvalue weighted by Gasteiger charge is -2.40. The van der Waals surface area contributed by atoms with E-state index in [1.807, 2.05) is 48.7 Å². The maximum atomic E-state index is 13.0. The Bertz CT molecular complexity index is 722. The van der Waals surface area contributed by atoms with Crippen LogP contribution in [0.15, 0.2) is 30.3 Å². The van der Waals surface area contributed by atoms with Gasteiger partial charge >= 0.3 is 0 Å². The summed E-state index contributed by atoms with van der Waals surface area (Å²) in [5.41, 5.74) is 4.30. The quantitative estimate of drug-likeness (QED) is 0.867. The number of aromatic nitrogens is 2. The number of carbonyl (C=O) groups is 1. The molecule has 1 aliphatic heterocycles. The van der Waals surface area contributed by atoms with Crippen LogP contribution in [-0.2, 0) is 18.3 Å². The Hall–Kier alpha value is -2.14. The number of benzene rings is 1. The first-order chi connectivity index (χ1) is 11.5. The van der Waals surface area contributed by atoms with Crippen LogP contribution in [0.1, 0.15) is 28.6 Å². The van der Waals surface area contributed by atoms with Crippen molar-refractivity contribution in [2.24, 2.45) is 7.05 Å². The molecule has 0 radical (unpaired) electrons. The maximum Gasteiger partial charge on any atom is 0.227 e. The third-order valence-corrected chi connectivity index (χ3v) is 5.08. The Morgan fingerprint density at radius 3 is 2.50 bits per heavy atom. The Morgan fingerprint density at radius 2 is 1.88 bits per heavy atom. The van der Waals surface area contributed by atoms with Crippen molar-refractivity contribution in [1.29, 1.82) is 0 Å². The predicted octanol–water partition coefficient (Wildman–Crippen LogP) is 2.09. The summed E-state index contributed by atoms with van der Waals surface area (Å²) in [4.78, 5) is 17.4. The number of likely N-dealkylation sites (N-methyl/N-ethyl adjacent to an activating group) is 1. The first kappa shape index (κ1) is 16.7. The molecule has 2 heterocycles. The molecule has 1 atom stereocenters. The normalized spacial score (nSPS) is 18.8. The molecule has 1 aliphatic rings. The molecular weight excluding hydrogens is 300 g/mol. The van der Waals surface area contributed by atoms with Crippen LogP contribution in [0.25, 0.3) is 0 Å². The van der Waals surface area contributed by atoms with Gasteiger partial charge in [0.15, 0.2) is 0 Å². The summed E-state index contributed by atoms with van der Waals surface area (Å²) in [6.07, 6.45) is 0.429. The fourth-order valence-electron chi connectivity index (χ4n) is 3.50. The van der Waals surface area contributed by atoms with E-state index in [4.69, 9.17) is 0 Å². The molecule has 24 heavy (non-hydrogen) atoms. The van der Waals surface area contributed by atoms with E-state index in [0.717, 1.165) is 36.6 Å². The smallest absolute Gasteiger partial charge is 0.227 e. The molecule has 0 unspecified atom stereocenters. The molecule has 1 aromatic carbocycles. The van der Waals surface area contributed by atoms with Gasteiger partial charge in [-0.1, -0.05) is 30.3 Å². The van der Waals surface area contributed by atoms with Gasteiger partial charge < -0.3 is 9.80 Å². The van der Waals surface area contributed by atoms with Crippen molar-refractivity contribution in [3.8, 4) is 0 Å². The molecule has 0 spiro atoms. The van der Waals surface area contributed by atoms with Crippen molar-refractivity contribution in [1.82, 2.24) is 19.6 Å². The minimum Gasteiger partial charge on any atom is -0.333 e. The van der Waals surface area contributed by atoms with Gasteiger partial charge in [-0.3, -0.25) is 9.48 Å². The van der Waals surface area contributed by atoms with Crippen molar-refractivity contribution >= 4 is 5.91 Å². The van der Waals surface area contributed by atoms with E-state index in [2.05, 4.69) is 29.2 Å². The molecule has 1 saturated heterocycles. The van der Waals surface area contributed by atoms with Gasteiger partial charge in [-0.05, 0) is 26.5 Å². The van der Waals surface area contributed by atoms with E-state index >= 15 is 0 Å². The van der Waals surface area contributed by atoms with Gasteiger partial charge in [0, 0.05) is 37.9 Å². The largest absolute Gasteiger partial charge is 0.333 e. The zero-order valence-corrected chi connectivity index (χ0v) is 15.0. The molecule has 5 nitrogen and oxygen atoms in total. The van der Waals surface area contributed by atoms with E-state index in [9.17, 15) is 4.79 Å². The molecule has 128 valence electrons. The number of piperazine rings is 1. The van der Waals surface area contributed by atoms with E-state index in [-0.39, 0.29) is 11.9 Å². The van der Waals surface area contributed by atoms with E-state index in [0.29, 0.717) is 6.42 Å². The van der Waals surface area contributed by atoms with Crippen molar-refractivity contribution < 1.29 is 4.79 Å². The van der Waals surface area contributed by atoms with Gasteiger partial charge in [0.2, 0.25) is 5.91 Å². The monoisotopic (exact) mass is 326 g/mol.